The molecule has 13 heteroatoms. The minimum Gasteiger partial charge on any atom is -0.383 e. The van der Waals surface area contributed by atoms with Gasteiger partial charge >= 0.3 is 6.18 Å². The fraction of sp³-hybridized carbons (Fsp3) is 0.440. The molecular formula is C25H28F4N8O. The SMILES string of the molecule is NC(=O)c1c(N)ncnc1N1CCC(c2nc(-c3ccc(F)c(C(F)(F)F)c3)cn2CCN2CCC2)CC1. The normalized spacial score (nSPS) is 17.0. The van der Waals surface area contributed by atoms with E-state index in [1.165, 1.54) is 12.4 Å². The van der Waals surface area contributed by atoms with Crippen molar-refractivity contribution < 1.29 is 22.4 Å². The lowest BCUT2D eigenvalue weighted by Crippen LogP contribution is -2.39. The van der Waals surface area contributed by atoms with Crippen LogP contribution in [0.3, 0.4) is 0 Å². The van der Waals surface area contributed by atoms with Crippen molar-refractivity contribution in [1.29, 1.82) is 0 Å². The Bertz CT molecular complexity index is 1330. The minimum atomic E-state index is -4.80. The summed E-state index contributed by atoms with van der Waals surface area (Å²) in [5.74, 6) is -0.814. The van der Waals surface area contributed by atoms with Gasteiger partial charge in [-0.15, -0.1) is 0 Å². The lowest BCUT2D eigenvalue weighted by molar-refractivity contribution is -0.139. The van der Waals surface area contributed by atoms with Gasteiger partial charge < -0.3 is 25.8 Å². The standard InChI is InChI=1S/C25H28F4N8O/c26-18-3-2-16(12-17(18)25(27,28)29)19-13-37(11-10-35-6-1-7-35)23(34-19)15-4-8-36(9-5-15)24-20(22(31)38)21(30)32-14-33-24/h2-3,12-15H,1,4-11H2,(H2,31,38)(H2,30,32,33). The van der Waals surface area contributed by atoms with E-state index >= 15 is 0 Å². The third kappa shape index (κ3) is 5.15. The number of aromatic nitrogens is 4. The van der Waals surface area contributed by atoms with Crippen LogP contribution in [0, 0.1) is 5.82 Å². The number of benzene rings is 1. The molecule has 0 spiro atoms. The molecule has 0 unspecified atom stereocenters. The molecule has 38 heavy (non-hydrogen) atoms. The first kappa shape index (κ1) is 25.9. The maximum absolute atomic E-state index is 13.9. The first-order valence-corrected chi connectivity index (χ1v) is 12.4. The van der Waals surface area contributed by atoms with Crippen LogP contribution in [-0.2, 0) is 12.7 Å². The second kappa shape index (κ2) is 10.2. The van der Waals surface area contributed by atoms with Gasteiger partial charge in [-0.1, -0.05) is 0 Å². The Morgan fingerprint density at radius 2 is 1.82 bits per heavy atom. The summed E-state index contributed by atoms with van der Waals surface area (Å²) in [7, 11) is 0. The fourth-order valence-electron chi connectivity index (χ4n) is 5.05. The van der Waals surface area contributed by atoms with Crippen molar-refractivity contribution in [3.8, 4) is 11.3 Å². The number of halogens is 4. The number of carbonyl (C=O) groups excluding carboxylic acids is 1. The number of anilines is 2. The van der Waals surface area contributed by atoms with Gasteiger partial charge in [0.1, 0.15) is 35.2 Å². The molecule has 4 N–H and O–H groups in total. The molecule has 3 aromatic rings. The van der Waals surface area contributed by atoms with Crippen LogP contribution in [0.4, 0.5) is 29.2 Å². The molecule has 5 rings (SSSR count). The number of carbonyl (C=O) groups is 1. The summed E-state index contributed by atoms with van der Waals surface area (Å²) in [6.45, 7) is 4.58. The van der Waals surface area contributed by atoms with E-state index in [1.54, 1.807) is 6.20 Å². The third-order valence-corrected chi connectivity index (χ3v) is 7.24. The molecule has 2 aliphatic rings. The lowest BCUT2D eigenvalue weighted by atomic mass is 9.95. The molecule has 2 fully saturated rings. The number of hydrogen-bond donors (Lipinski definition) is 2. The van der Waals surface area contributed by atoms with Gasteiger partial charge in [-0.3, -0.25) is 4.79 Å². The van der Waals surface area contributed by atoms with Crippen molar-refractivity contribution in [2.45, 2.75) is 37.9 Å². The summed E-state index contributed by atoms with van der Waals surface area (Å²) in [5, 5.41) is 0. The average molecular weight is 533 g/mol. The second-order valence-electron chi connectivity index (χ2n) is 9.65. The largest absolute Gasteiger partial charge is 0.419 e. The second-order valence-corrected chi connectivity index (χ2v) is 9.65. The zero-order valence-electron chi connectivity index (χ0n) is 20.6. The first-order chi connectivity index (χ1) is 18.1. The predicted octanol–water partition coefficient (Wildman–Crippen LogP) is 3.27. The Hall–Kier alpha value is -3.74. The molecule has 0 saturated carbocycles. The first-order valence-electron chi connectivity index (χ1n) is 12.4. The van der Waals surface area contributed by atoms with Gasteiger partial charge in [0.05, 0.1) is 11.3 Å². The Morgan fingerprint density at radius 1 is 1.08 bits per heavy atom. The Labute approximate surface area is 216 Å². The van der Waals surface area contributed by atoms with Crippen molar-refractivity contribution in [3.05, 3.63) is 53.5 Å². The number of likely N-dealkylation sites (tertiary alicyclic amines) is 1. The maximum Gasteiger partial charge on any atom is 0.419 e. The van der Waals surface area contributed by atoms with Gasteiger partial charge in [-0.05, 0) is 50.6 Å². The van der Waals surface area contributed by atoms with Crippen LogP contribution < -0.4 is 16.4 Å². The van der Waals surface area contributed by atoms with Crippen molar-refractivity contribution >= 4 is 17.5 Å². The minimum absolute atomic E-state index is 0.0216. The van der Waals surface area contributed by atoms with Crippen molar-refractivity contribution in [2.75, 3.05) is 43.4 Å². The molecule has 4 heterocycles. The highest BCUT2D eigenvalue weighted by Gasteiger charge is 2.35. The van der Waals surface area contributed by atoms with Crippen molar-refractivity contribution in [2.24, 2.45) is 5.73 Å². The molecular weight excluding hydrogens is 504 g/mol. The Balaban J connectivity index is 1.41. The van der Waals surface area contributed by atoms with Gasteiger partial charge in [-0.2, -0.15) is 13.2 Å². The third-order valence-electron chi connectivity index (χ3n) is 7.24. The van der Waals surface area contributed by atoms with Crippen molar-refractivity contribution in [3.63, 3.8) is 0 Å². The Morgan fingerprint density at radius 3 is 2.45 bits per heavy atom. The molecule has 2 aromatic heterocycles. The quantitative estimate of drug-likeness (QED) is 0.449. The molecule has 1 amide bonds. The van der Waals surface area contributed by atoms with Crippen molar-refractivity contribution in [1.82, 2.24) is 24.4 Å². The highest BCUT2D eigenvalue weighted by atomic mass is 19.4. The lowest BCUT2D eigenvalue weighted by Gasteiger charge is -2.34. The van der Waals surface area contributed by atoms with Crippen LogP contribution in [0.15, 0.2) is 30.7 Å². The number of nitrogen functional groups attached to an aromatic ring is 1. The van der Waals surface area contributed by atoms with Gasteiger partial charge in [0.15, 0.2) is 0 Å². The molecule has 2 saturated heterocycles. The molecule has 2 aliphatic heterocycles. The molecule has 0 bridgehead atoms. The number of primary amides is 1. The highest BCUT2D eigenvalue weighted by Crippen LogP contribution is 2.36. The highest BCUT2D eigenvalue weighted by molar-refractivity contribution is 6.01. The van der Waals surface area contributed by atoms with Crippen LogP contribution in [-0.4, -0.2) is 63.0 Å². The molecule has 1 aromatic carbocycles. The van der Waals surface area contributed by atoms with Crippen LogP contribution in [0.5, 0.6) is 0 Å². The molecule has 202 valence electrons. The van der Waals surface area contributed by atoms with E-state index < -0.39 is 23.5 Å². The fourth-order valence-corrected chi connectivity index (χ4v) is 5.05. The predicted molar refractivity (Wildman–Crippen MR) is 133 cm³/mol. The summed E-state index contributed by atoms with van der Waals surface area (Å²) in [4.78, 5) is 29.0. The van der Waals surface area contributed by atoms with Crippen LogP contribution in [0.25, 0.3) is 11.3 Å². The van der Waals surface area contributed by atoms with E-state index in [-0.39, 0.29) is 22.9 Å². The molecule has 0 atom stereocenters. The van der Waals surface area contributed by atoms with Crippen LogP contribution in [0.1, 0.15) is 46.9 Å². The summed E-state index contributed by atoms with van der Waals surface area (Å²) < 4.78 is 55.9. The van der Waals surface area contributed by atoms with Gasteiger partial charge in [0.2, 0.25) is 0 Å². The zero-order valence-corrected chi connectivity index (χ0v) is 20.6. The van der Waals surface area contributed by atoms with E-state index in [2.05, 4.69) is 14.9 Å². The number of rotatable bonds is 7. The van der Waals surface area contributed by atoms with E-state index in [4.69, 9.17) is 16.5 Å². The summed E-state index contributed by atoms with van der Waals surface area (Å²) >= 11 is 0. The Kier molecular flexibility index (Phi) is 6.95. The summed E-state index contributed by atoms with van der Waals surface area (Å²) in [6.07, 6.45) is 0.723. The number of alkyl halides is 3. The van der Waals surface area contributed by atoms with E-state index in [0.29, 0.717) is 44.0 Å². The van der Waals surface area contributed by atoms with E-state index in [9.17, 15) is 22.4 Å². The van der Waals surface area contributed by atoms with E-state index in [1.807, 2.05) is 9.47 Å². The smallest absolute Gasteiger partial charge is 0.383 e. The van der Waals surface area contributed by atoms with Gasteiger partial charge in [0, 0.05) is 43.9 Å². The van der Waals surface area contributed by atoms with Crippen LogP contribution >= 0.6 is 0 Å². The number of amides is 1. The number of hydrogen-bond acceptors (Lipinski definition) is 7. The zero-order chi connectivity index (χ0) is 27.0. The van der Waals surface area contributed by atoms with Gasteiger partial charge in [-0.25, -0.2) is 19.3 Å². The molecule has 9 nitrogen and oxygen atoms in total. The monoisotopic (exact) mass is 532 g/mol. The number of piperidine rings is 1. The summed E-state index contributed by atoms with van der Waals surface area (Å²) in [6, 6.07) is 2.97. The number of imidazole rings is 1. The topological polar surface area (TPSA) is 119 Å². The number of nitrogens with two attached hydrogens (primary N) is 2. The van der Waals surface area contributed by atoms with Crippen LogP contribution in [0.2, 0.25) is 0 Å². The average Bonchev–Trinajstić information content (AvgIpc) is 3.26. The molecule has 0 aliphatic carbocycles. The maximum atomic E-state index is 13.9. The molecule has 0 radical (unpaired) electrons. The number of nitrogens with zero attached hydrogens (tertiary/aromatic N) is 6. The van der Waals surface area contributed by atoms with Gasteiger partial charge in [0.25, 0.3) is 5.91 Å². The van der Waals surface area contributed by atoms with E-state index in [0.717, 1.165) is 44.0 Å². The summed E-state index contributed by atoms with van der Waals surface area (Å²) in [5.41, 5.74) is 10.7.